The minimum absolute atomic E-state index is 0. The van der Waals surface area contributed by atoms with Gasteiger partial charge in [0.25, 0.3) is 0 Å². The Bertz CT molecular complexity index is 536. The molecule has 2 aliphatic carbocycles. The van der Waals surface area contributed by atoms with Gasteiger partial charge in [-0.25, -0.2) is 0 Å². The number of esters is 1. The fraction of sp³-hybridized carbons (Fsp3) is 0.864. The highest BCUT2D eigenvalue weighted by molar-refractivity contribution is 5.85. The number of allylic oxidation sites excluding steroid dienone is 1. The molecule has 26 heavy (non-hydrogen) atoms. The highest BCUT2D eigenvalue weighted by atomic mass is 35.5. The van der Waals surface area contributed by atoms with E-state index in [4.69, 9.17) is 4.74 Å². The van der Waals surface area contributed by atoms with Gasteiger partial charge in [0, 0.05) is 18.0 Å². The summed E-state index contributed by atoms with van der Waals surface area (Å²) in [5.74, 6) is 2.71. The molecule has 0 N–H and O–H groups in total. The van der Waals surface area contributed by atoms with Crippen LogP contribution in [-0.4, -0.2) is 36.1 Å². The van der Waals surface area contributed by atoms with Crippen molar-refractivity contribution >= 4 is 18.4 Å². The van der Waals surface area contributed by atoms with Gasteiger partial charge in [0.15, 0.2) is 0 Å². The third-order valence-electron chi connectivity index (χ3n) is 7.97. The van der Waals surface area contributed by atoms with Gasteiger partial charge in [-0.05, 0) is 64.3 Å². The summed E-state index contributed by atoms with van der Waals surface area (Å²) in [6.45, 7) is 4.47. The van der Waals surface area contributed by atoms with Gasteiger partial charge in [0.2, 0.25) is 0 Å². The van der Waals surface area contributed by atoms with E-state index in [9.17, 15) is 4.79 Å². The van der Waals surface area contributed by atoms with Crippen molar-refractivity contribution in [2.24, 2.45) is 29.6 Å². The zero-order valence-electron chi connectivity index (χ0n) is 16.6. The predicted octanol–water partition coefficient (Wildman–Crippen LogP) is 4.84. The predicted molar refractivity (Wildman–Crippen MR) is 107 cm³/mol. The fourth-order valence-corrected chi connectivity index (χ4v) is 6.43. The van der Waals surface area contributed by atoms with Gasteiger partial charge in [-0.3, -0.25) is 9.69 Å². The molecule has 148 valence electrons. The number of piperidine rings is 1. The number of halogens is 1. The van der Waals surface area contributed by atoms with E-state index in [1.54, 1.807) is 0 Å². The molecule has 0 aromatic carbocycles. The number of likely N-dealkylation sites (N-methyl/N-ethyl adjacent to an activating group) is 1. The maximum Gasteiger partial charge on any atom is 0.309 e. The Morgan fingerprint density at radius 3 is 2.62 bits per heavy atom. The quantitative estimate of drug-likeness (QED) is 0.506. The van der Waals surface area contributed by atoms with Gasteiger partial charge in [-0.1, -0.05) is 37.8 Å². The standard InChI is InChI=1S/C22H35NO2.ClH/c1-14-7-6-9-17(23(14)3)11-12-19-18-10-5-4-8-16(18)13-20-21(19)15(2)25-22(20)24;/h11-12,14-21H,4-10,13H2,1-3H3;1H/b12-11+;. The van der Waals surface area contributed by atoms with Gasteiger partial charge in [0.1, 0.15) is 6.10 Å². The zero-order valence-corrected chi connectivity index (χ0v) is 17.4. The highest BCUT2D eigenvalue weighted by Gasteiger charge is 2.53. The van der Waals surface area contributed by atoms with Crippen molar-refractivity contribution in [1.82, 2.24) is 4.90 Å². The summed E-state index contributed by atoms with van der Waals surface area (Å²) in [4.78, 5) is 14.9. The zero-order chi connectivity index (χ0) is 17.6. The Hall–Kier alpha value is -0.540. The third-order valence-corrected chi connectivity index (χ3v) is 7.97. The fourth-order valence-electron chi connectivity index (χ4n) is 6.43. The van der Waals surface area contributed by atoms with Gasteiger partial charge >= 0.3 is 5.97 Å². The van der Waals surface area contributed by atoms with Crippen molar-refractivity contribution in [1.29, 1.82) is 0 Å². The van der Waals surface area contributed by atoms with E-state index >= 15 is 0 Å². The average molecular weight is 382 g/mol. The van der Waals surface area contributed by atoms with E-state index in [2.05, 4.69) is 37.9 Å². The van der Waals surface area contributed by atoms with Crippen LogP contribution in [0.2, 0.25) is 0 Å². The third kappa shape index (κ3) is 3.58. The highest BCUT2D eigenvalue weighted by Crippen LogP contribution is 2.53. The molecule has 0 spiro atoms. The summed E-state index contributed by atoms with van der Waals surface area (Å²) in [6.07, 6.45) is 15.5. The lowest BCUT2D eigenvalue weighted by atomic mass is 9.57. The lowest BCUT2D eigenvalue weighted by molar-refractivity contribution is -0.144. The van der Waals surface area contributed by atoms with E-state index in [1.807, 2.05) is 0 Å². The van der Waals surface area contributed by atoms with Crippen molar-refractivity contribution in [3.63, 3.8) is 0 Å². The SMILES string of the molecule is CC1OC(=O)C2CC3CCCCC3C(/C=C/C3CCCC(C)N3C)C12.Cl. The summed E-state index contributed by atoms with van der Waals surface area (Å²) in [7, 11) is 2.27. The largest absolute Gasteiger partial charge is 0.462 e. The van der Waals surface area contributed by atoms with Gasteiger partial charge < -0.3 is 4.74 Å². The molecule has 4 heteroatoms. The number of cyclic esters (lactones) is 1. The summed E-state index contributed by atoms with van der Waals surface area (Å²) in [5.41, 5.74) is 0. The second-order valence-electron chi connectivity index (χ2n) is 9.24. The molecule has 3 nitrogen and oxygen atoms in total. The number of fused-ring (bicyclic) bond motifs is 2. The molecule has 0 aromatic rings. The monoisotopic (exact) mass is 381 g/mol. The van der Waals surface area contributed by atoms with Crippen LogP contribution in [0.5, 0.6) is 0 Å². The summed E-state index contributed by atoms with van der Waals surface area (Å²) < 4.78 is 5.69. The molecule has 0 bridgehead atoms. The first-order valence-corrected chi connectivity index (χ1v) is 10.7. The minimum atomic E-state index is 0. The van der Waals surface area contributed by atoms with Crippen molar-refractivity contribution in [2.45, 2.75) is 83.4 Å². The second kappa shape index (κ2) is 8.22. The van der Waals surface area contributed by atoms with Crippen LogP contribution in [0, 0.1) is 29.6 Å². The summed E-state index contributed by atoms with van der Waals surface area (Å²) in [6, 6.07) is 1.25. The van der Waals surface area contributed by atoms with E-state index in [1.165, 1.54) is 44.9 Å². The Labute approximate surface area is 165 Å². The molecule has 2 heterocycles. The molecule has 2 aliphatic heterocycles. The molecule has 8 unspecified atom stereocenters. The molecule has 2 saturated heterocycles. The molecule has 4 fully saturated rings. The van der Waals surface area contributed by atoms with E-state index in [0.29, 0.717) is 23.9 Å². The number of likely N-dealkylation sites (tertiary alicyclic amines) is 1. The van der Waals surface area contributed by atoms with Crippen molar-refractivity contribution in [2.75, 3.05) is 7.05 Å². The lowest BCUT2D eigenvalue weighted by Gasteiger charge is -2.46. The first-order chi connectivity index (χ1) is 12.1. The minimum Gasteiger partial charge on any atom is -0.462 e. The van der Waals surface area contributed by atoms with Crippen LogP contribution in [0.1, 0.15) is 65.2 Å². The van der Waals surface area contributed by atoms with Crippen LogP contribution in [0.25, 0.3) is 0 Å². The molecular weight excluding hydrogens is 346 g/mol. The topological polar surface area (TPSA) is 29.5 Å². The van der Waals surface area contributed by atoms with E-state index < -0.39 is 0 Å². The molecule has 8 atom stereocenters. The Kier molecular flexibility index (Phi) is 6.39. The first kappa shape index (κ1) is 20.2. The van der Waals surface area contributed by atoms with Crippen molar-refractivity contribution in [3.05, 3.63) is 12.2 Å². The van der Waals surface area contributed by atoms with Crippen LogP contribution in [0.15, 0.2) is 12.2 Å². The number of hydrogen-bond donors (Lipinski definition) is 0. The molecule has 4 rings (SSSR count). The number of ether oxygens (including phenoxy) is 1. The van der Waals surface area contributed by atoms with E-state index in [0.717, 1.165) is 18.3 Å². The lowest BCUT2D eigenvalue weighted by Crippen LogP contribution is -2.44. The maximum atomic E-state index is 12.4. The number of carbonyl (C=O) groups excluding carboxylic acids is 1. The summed E-state index contributed by atoms with van der Waals surface area (Å²) >= 11 is 0. The van der Waals surface area contributed by atoms with Crippen LogP contribution in [0.4, 0.5) is 0 Å². The molecule has 0 radical (unpaired) electrons. The van der Waals surface area contributed by atoms with Crippen LogP contribution < -0.4 is 0 Å². The van der Waals surface area contributed by atoms with Gasteiger partial charge in [-0.15, -0.1) is 12.4 Å². The molecular formula is C22H36ClNO2. The molecule has 0 amide bonds. The Morgan fingerprint density at radius 2 is 1.81 bits per heavy atom. The number of nitrogens with zero attached hydrogens (tertiary/aromatic N) is 1. The normalized spacial score (nSPS) is 46.3. The van der Waals surface area contributed by atoms with Crippen LogP contribution >= 0.6 is 12.4 Å². The molecule has 4 aliphatic rings. The van der Waals surface area contributed by atoms with Crippen LogP contribution in [0.3, 0.4) is 0 Å². The van der Waals surface area contributed by atoms with Gasteiger partial charge in [-0.2, -0.15) is 0 Å². The smallest absolute Gasteiger partial charge is 0.309 e. The Morgan fingerprint density at radius 1 is 1.04 bits per heavy atom. The number of carbonyl (C=O) groups is 1. The average Bonchev–Trinajstić information content (AvgIpc) is 2.89. The van der Waals surface area contributed by atoms with Crippen LogP contribution in [-0.2, 0) is 9.53 Å². The summed E-state index contributed by atoms with van der Waals surface area (Å²) in [5, 5.41) is 0. The van der Waals surface area contributed by atoms with Gasteiger partial charge in [0.05, 0.1) is 5.92 Å². The molecule has 2 saturated carbocycles. The molecule has 0 aromatic heterocycles. The van der Waals surface area contributed by atoms with E-state index in [-0.39, 0.29) is 30.4 Å². The first-order valence-electron chi connectivity index (χ1n) is 10.7. The maximum absolute atomic E-state index is 12.4. The van der Waals surface area contributed by atoms with Crippen molar-refractivity contribution in [3.8, 4) is 0 Å². The second-order valence-corrected chi connectivity index (χ2v) is 9.24. The number of hydrogen-bond acceptors (Lipinski definition) is 3. The number of rotatable bonds is 2. The van der Waals surface area contributed by atoms with Crippen molar-refractivity contribution < 1.29 is 9.53 Å². The Balaban J connectivity index is 0.00000196.